The van der Waals surface area contributed by atoms with E-state index in [0.29, 0.717) is 10.7 Å². The molecule has 0 aromatic carbocycles. The first kappa shape index (κ1) is 6.32. The van der Waals surface area contributed by atoms with Gasteiger partial charge in [0.15, 0.2) is 0 Å². The van der Waals surface area contributed by atoms with E-state index in [1.807, 2.05) is 0 Å². The Morgan fingerprint density at radius 3 is 2.89 bits per heavy atom. The van der Waals surface area contributed by atoms with Crippen molar-refractivity contribution in [2.45, 2.75) is 0 Å². The van der Waals surface area contributed by atoms with Crippen LogP contribution in [0.1, 0.15) is 0 Å². The monoisotopic (exact) mass is 143 g/mol. The Kier molecular flexibility index (Phi) is 1.87. The van der Waals surface area contributed by atoms with Crippen LogP contribution in [0.25, 0.3) is 0 Å². The summed E-state index contributed by atoms with van der Waals surface area (Å²) >= 11 is 5.62. The molecule has 1 aromatic rings. The van der Waals surface area contributed by atoms with Gasteiger partial charge in [-0.2, -0.15) is 0 Å². The number of hydrazine groups is 1. The summed E-state index contributed by atoms with van der Waals surface area (Å²) in [6.45, 7) is 0. The van der Waals surface area contributed by atoms with Crippen LogP contribution in [-0.2, 0) is 0 Å². The van der Waals surface area contributed by atoms with Gasteiger partial charge in [0.05, 0.1) is 10.7 Å². The summed E-state index contributed by atoms with van der Waals surface area (Å²) in [6, 6.07) is 1.70. The molecule has 0 aliphatic heterocycles. The van der Waals surface area contributed by atoms with Crippen molar-refractivity contribution in [1.29, 1.82) is 0 Å². The van der Waals surface area contributed by atoms with Crippen LogP contribution >= 0.6 is 11.6 Å². The largest absolute Gasteiger partial charge is 0.323 e. The number of pyridine rings is 1. The van der Waals surface area contributed by atoms with Crippen LogP contribution in [0.4, 0.5) is 5.69 Å². The van der Waals surface area contributed by atoms with E-state index in [-0.39, 0.29) is 0 Å². The molecule has 1 heterocycles. The van der Waals surface area contributed by atoms with Crippen LogP contribution < -0.4 is 11.3 Å². The molecule has 9 heavy (non-hydrogen) atoms. The fraction of sp³-hybridized carbons (Fsp3) is 0. The molecule has 0 amide bonds. The molecule has 3 nitrogen and oxygen atoms in total. The molecule has 0 atom stereocenters. The number of rotatable bonds is 1. The maximum absolute atomic E-state index is 5.62. The number of nitrogens with one attached hydrogen (secondary N) is 1. The van der Waals surface area contributed by atoms with Crippen LogP contribution in [0.5, 0.6) is 0 Å². The first-order valence-electron chi connectivity index (χ1n) is 2.40. The van der Waals surface area contributed by atoms with Crippen molar-refractivity contribution in [1.82, 2.24) is 4.98 Å². The number of halogens is 1. The average molecular weight is 144 g/mol. The Morgan fingerprint density at radius 1 is 1.67 bits per heavy atom. The second-order valence-corrected chi connectivity index (χ2v) is 1.91. The maximum atomic E-state index is 5.62. The van der Waals surface area contributed by atoms with Crippen molar-refractivity contribution in [3.05, 3.63) is 23.5 Å². The molecule has 0 saturated heterocycles. The minimum atomic E-state index is 0.528. The summed E-state index contributed by atoms with van der Waals surface area (Å²) in [5.41, 5.74) is 3.11. The lowest BCUT2D eigenvalue weighted by Gasteiger charge is -1.98. The Hall–Kier alpha value is -0.800. The third kappa shape index (κ3) is 1.31. The van der Waals surface area contributed by atoms with Crippen LogP contribution in [0.2, 0.25) is 5.02 Å². The zero-order chi connectivity index (χ0) is 6.69. The van der Waals surface area contributed by atoms with Gasteiger partial charge in [0.2, 0.25) is 0 Å². The SMILES string of the molecule is NNc1ccncc1Cl. The van der Waals surface area contributed by atoms with Gasteiger partial charge in [0.25, 0.3) is 0 Å². The maximum Gasteiger partial charge on any atom is 0.0833 e. The van der Waals surface area contributed by atoms with Gasteiger partial charge in [-0.15, -0.1) is 0 Å². The van der Waals surface area contributed by atoms with Crippen molar-refractivity contribution in [2.24, 2.45) is 5.84 Å². The van der Waals surface area contributed by atoms with E-state index in [1.165, 1.54) is 6.20 Å². The number of nitrogens with zero attached hydrogens (tertiary/aromatic N) is 1. The highest BCUT2D eigenvalue weighted by molar-refractivity contribution is 6.33. The predicted molar refractivity (Wildman–Crippen MR) is 37.1 cm³/mol. The number of nitrogen functional groups attached to an aromatic ring is 1. The molecule has 0 aliphatic rings. The Bertz CT molecular complexity index is 201. The predicted octanol–water partition coefficient (Wildman–Crippen LogP) is 1.02. The fourth-order valence-electron chi connectivity index (χ4n) is 0.492. The van der Waals surface area contributed by atoms with Crippen molar-refractivity contribution < 1.29 is 0 Å². The smallest absolute Gasteiger partial charge is 0.0833 e. The highest BCUT2D eigenvalue weighted by atomic mass is 35.5. The van der Waals surface area contributed by atoms with Crippen LogP contribution in [-0.4, -0.2) is 4.98 Å². The quantitative estimate of drug-likeness (QED) is 0.456. The summed E-state index contributed by atoms with van der Waals surface area (Å²) in [5, 5.41) is 0.528. The number of nitrogens with two attached hydrogens (primary N) is 1. The molecular formula is C5H6ClN3. The van der Waals surface area contributed by atoms with Gasteiger partial charge < -0.3 is 5.43 Å². The molecule has 0 bridgehead atoms. The number of anilines is 1. The van der Waals surface area contributed by atoms with Crippen LogP contribution in [0.3, 0.4) is 0 Å². The summed E-state index contributed by atoms with van der Waals surface area (Å²) in [6.07, 6.45) is 3.14. The van der Waals surface area contributed by atoms with E-state index in [9.17, 15) is 0 Å². The van der Waals surface area contributed by atoms with E-state index >= 15 is 0 Å². The summed E-state index contributed by atoms with van der Waals surface area (Å²) in [5.74, 6) is 5.09. The average Bonchev–Trinajstić information content (AvgIpc) is 1.89. The highest BCUT2D eigenvalue weighted by Crippen LogP contribution is 2.16. The van der Waals surface area contributed by atoms with E-state index in [2.05, 4.69) is 10.4 Å². The summed E-state index contributed by atoms with van der Waals surface area (Å²) in [4.78, 5) is 3.77. The first-order valence-corrected chi connectivity index (χ1v) is 2.78. The van der Waals surface area contributed by atoms with Crippen LogP contribution in [0, 0.1) is 0 Å². The zero-order valence-electron chi connectivity index (χ0n) is 4.63. The van der Waals surface area contributed by atoms with Crippen LogP contribution in [0.15, 0.2) is 18.5 Å². The van der Waals surface area contributed by atoms with Gasteiger partial charge in [0, 0.05) is 12.4 Å². The van der Waals surface area contributed by atoms with Gasteiger partial charge in [-0.25, -0.2) is 0 Å². The van der Waals surface area contributed by atoms with Crippen molar-refractivity contribution in [3.63, 3.8) is 0 Å². The van der Waals surface area contributed by atoms with Crippen molar-refractivity contribution in [3.8, 4) is 0 Å². The molecule has 0 saturated carbocycles. The topological polar surface area (TPSA) is 50.9 Å². The summed E-state index contributed by atoms with van der Waals surface area (Å²) in [7, 11) is 0. The normalized spacial score (nSPS) is 9.11. The zero-order valence-corrected chi connectivity index (χ0v) is 5.39. The molecular weight excluding hydrogens is 138 g/mol. The number of aromatic nitrogens is 1. The minimum absolute atomic E-state index is 0.528. The number of hydrogen-bond donors (Lipinski definition) is 2. The lowest BCUT2D eigenvalue weighted by atomic mass is 10.4. The van der Waals surface area contributed by atoms with E-state index in [4.69, 9.17) is 17.4 Å². The Balaban J connectivity index is 3.01. The standard InChI is InChI=1S/C5H6ClN3/c6-4-3-8-2-1-5(4)9-7/h1-3H,7H2,(H,8,9). The molecule has 4 heteroatoms. The lowest BCUT2D eigenvalue weighted by Crippen LogP contribution is -2.06. The van der Waals surface area contributed by atoms with Gasteiger partial charge in [-0.3, -0.25) is 10.8 Å². The van der Waals surface area contributed by atoms with Gasteiger partial charge in [-0.1, -0.05) is 11.6 Å². The Morgan fingerprint density at radius 2 is 2.44 bits per heavy atom. The minimum Gasteiger partial charge on any atom is -0.323 e. The molecule has 0 radical (unpaired) electrons. The first-order chi connectivity index (χ1) is 4.34. The van der Waals surface area contributed by atoms with Crippen molar-refractivity contribution >= 4 is 17.3 Å². The fourth-order valence-corrected chi connectivity index (χ4v) is 0.666. The molecule has 0 unspecified atom stereocenters. The molecule has 0 spiro atoms. The van der Waals surface area contributed by atoms with E-state index in [1.54, 1.807) is 12.3 Å². The third-order valence-corrected chi connectivity index (χ3v) is 1.23. The number of hydrogen-bond acceptors (Lipinski definition) is 3. The second-order valence-electron chi connectivity index (χ2n) is 1.50. The molecule has 48 valence electrons. The second kappa shape index (κ2) is 2.66. The van der Waals surface area contributed by atoms with Gasteiger partial charge >= 0.3 is 0 Å². The van der Waals surface area contributed by atoms with E-state index in [0.717, 1.165) is 0 Å². The molecule has 0 aliphatic carbocycles. The molecule has 1 rings (SSSR count). The van der Waals surface area contributed by atoms with Gasteiger partial charge in [-0.05, 0) is 6.07 Å². The van der Waals surface area contributed by atoms with Gasteiger partial charge in [0.1, 0.15) is 0 Å². The molecule has 3 N–H and O–H groups in total. The highest BCUT2D eigenvalue weighted by Gasteiger charge is 1.92. The van der Waals surface area contributed by atoms with Crippen molar-refractivity contribution in [2.75, 3.05) is 5.43 Å². The molecule has 1 aromatic heterocycles. The third-order valence-electron chi connectivity index (χ3n) is 0.928. The summed E-state index contributed by atoms with van der Waals surface area (Å²) < 4.78 is 0. The lowest BCUT2D eigenvalue weighted by molar-refractivity contribution is 1.28. The molecule has 0 fully saturated rings. The Labute approximate surface area is 57.8 Å². The van der Waals surface area contributed by atoms with E-state index < -0.39 is 0 Å².